The zero-order chi connectivity index (χ0) is 11.8. The number of hydrogen-bond acceptors (Lipinski definition) is 3. The van der Waals surface area contributed by atoms with Crippen LogP contribution in [0.5, 0.6) is 0 Å². The summed E-state index contributed by atoms with van der Waals surface area (Å²) in [6, 6.07) is 5.96. The number of fused-ring (bicyclic) bond motifs is 1. The van der Waals surface area contributed by atoms with Crippen LogP contribution in [0.4, 0.5) is 0 Å². The summed E-state index contributed by atoms with van der Waals surface area (Å²) in [5, 5.41) is 7.10. The summed E-state index contributed by atoms with van der Waals surface area (Å²) in [4.78, 5) is 12.3. The molecule has 1 N–H and O–H groups in total. The summed E-state index contributed by atoms with van der Waals surface area (Å²) in [7, 11) is 0. The van der Waals surface area contributed by atoms with Crippen LogP contribution in [0.3, 0.4) is 0 Å². The van der Waals surface area contributed by atoms with Crippen molar-refractivity contribution < 1.29 is 4.79 Å². The molecule has 1 aromatic heterocycles. The van der Waals surface area contributed by atoms with Gasteiger partial charge in [-0.15, -0.1) is 0 Å². The number of nitrogens with one attached hydrogen (secondary N) is 1. The van der Waals surface area contributed by atoms with Crippen LogP contribution >= 0.6 is 27.3 Å². The molecule has 0 fully saturated rings. The van der Waals surface area contributed by atoms with Crippen molar-refractivity contribution in [3.05, 3.63) is 55.7 Å². The first kappa shape index (κ1) is 11.1. The van der Waals surface area contributed by atoms with Crippen molar-refractivity contribution in [2.24, 2.45) is 0 Å². The van der Waals surface area contributed by atoms with Gasteiger partial charge < -0.3 is 5.32 Å². The minimum absolute atomic E-state index is 0.0906. The summed E-state index contributed by atoms with van der Waals surface area (Å²) in [6.07, 6.45) is 0. The lowest BCUT2D eigenvalue weighted by molar-refractivity contribution is 0.103. The molecule has 0 bridgehead atoms. The van der Waals surface area contributed by atoms with Crippen molar-refractivity contribution in [3.8, 4) is 0 Å². The molecule has 0 aliphatic carbocycles. The number of carbonyl (C=O) groups is 1. The van der Waals surface area contributed by atoms with Crippen molar-refractivity contribution in [2.45, 2.75) is 13.1 Å². The van der Waals surface area contributed by atoms with Gasteiger partial charge in [0, 0.05) is 39.4 Å². The molecule has 1 aliphatic rings. The Balaban J connectivity index is 2.00. The molecule has 17 heavy (non-hydrogen) atoms. The Labute approximate surface area is 112 Å². The molecule has 0 unspecified atom stereocenters. The van der Waals surface area contributed by atoms with E-state index in [1.165, 1.54) is 22.5 Å². The molecule has 3 rings (SSSR count). The second kappa shape index (κ2) is 4.37. The minimum Gasteiger partial charge on any atom is -0.309 e. The Morgan fingerprint density at radius 1 is 1.24 bits per heavy atom. The number of hydrogen-bond donors (Lipinski definition) is 1. The van der Waals surface area contributed by atoms with E-state index in [1.54, 1.807) is 0 Å². The Bertz CT molecular complexity index is 591. The van der Waals surface area contributed by atoms with Gasteiger partial charge in [0.05, 0.1) is 0 Å². The van der Waals surface area contributed by atoms with E-state index in [-0.39, 0.29) is 5.78 Å². The van der Waals surface area contributed by atoms with E-state index in [0.29, 0.717) is 0 Å². The fourth-order valence-corrected chi connectivity index (χ4v) is 3.49. The van der Waals surface area contributed by atoms with Gasteiger partial charge in [-0.05, 0) is 33.1 Å². The minimum atomic E-state index is 0.0906. The molecule has 0 radical (unpaired) electrons. The average Bonchev–Trinajstić information content (AvgIpc) is 2.95. The maximum Gasteiger partial charge on any atom is 0.195 e. The second-order valence-corrected chi connectivity index (χ2v) is 5.65. The van der Waals surface area contributed by atoms with Crippen LogP contribution in [0.1, 0.15) is 27.0 Å². The van der Waals surface area contributed by atoms with Crippen LogP contribution in [0.15, 0.2) is 33.4 Å². The van der Waals surface area contributed by atoms with Crippen molar-refractivity contribution in [1.29, 1.82) is 0 Å². The third kappa shape index (κ3) is 1.97. The van der Waals surface area contributed by atoms with Gasteiger partial charge in [0.15, 0.2) is 5.78 Å². The summed E-state index contributed by atoms with van der Waals surface area (Å²) in [5.74, 6) is 0.0906. The average molecular weight is 308 g/mol. The summed E-state index contributed by atoms with van der Waals surface area (Å²) < 4.78 is 0.881. The number of carbonyl (C=O) groups excluding carboxylic acids is 1. The van der Waals surface area contributed by atoms with E-state index >= 15 is 0 Å². The largest absolute Gasteiger partial charge is 0.309 e. The predicted molar refractivity (Wildman–Crippen MR) is 72.4 cm³/mol. The van der Waals surface area contributed by atoms with Gasteiger partial charge in [-0.3, -0.25) is 4.79 Å². The van der Waals surface area contributed by atoms with Gasteiger partial charge in [-0.1, -0.05) is 12.1 Å². The van der Waals surface area contributed by atoms with E-state index in [4.69, 9.17) is 0 Å². The Morgan fingerprint density at radius 2 is 2.06 bits per heavy atom. The Morgan fingerprint density at radius 3 is 2.82 bits per heavy atom. The number of thiophene rings is 1. The SMILES string of the molecule is O=C(c1ccc2c(c1)CNC2)c1cscc1Br. The monoisotopic (exact) mass is 307 g/mol. The molecule has 0 atom stereocenters. The number of rotatable bonds is 2. The van der Waals surface area contributed by atoms with Crippen LogP contribution < -0.4 is 5.32 Å². The molecule has 2 heterocycles. The highest BCUT2D eigenvalue weighted by Gasteiger charge is 2.16. The summed E-state index contributed by atoms with van der Waals surface area (Å²) >= 11 is 4.94. The van der Waals surface area contributed by atoms with E-state index in [2.05, 4.69) is 21.2 Å². The van der Waals surface area contributed by atoms with Gasteiger partial charge in [-0.2, -0.15) is 11.3 Å². The van der Waals surface area contributed by atoms with Crippen LogP contribution in [0, 0.1) is 0 Å². The number of benzene rings is 1. The van der Waals surface area contributed by atoms with Gasteiger partial charge in [0.25, 0.3) is 0 Å². The van der Waals surface area contributed by atoms with Gasteiger partial charge in [0.2, 0.25) is 0 Å². The Kier molecular flexibility index (Phi) is 2.86. The predicted octanol–water partition coefficient (Wildman–Crippen LogP) is 3.34. The van der Waals surface area contributed by atoms with Crippen LogP contribution in [0.25, 0.3) is 0 Å². The molecular weight excluding hydrogens is 298 g/mol. The Hall–Kier alpha value is -0.970. The third-order valence-electron chi connectivity index (χ3n) is 2.96. The van der Waals surface area contributed by atoms with Crippen LogP contribution in [0.2, 0.25) is 0 Å². The normalized spacial score (nSPS) is 13.7. The summed E-state index contributed by atoms with van der Waals surface area (Å²) in [5.41, 5.74) is 4.06. The fraction of sp³-hybridized carbons (Fsp3) is 0.154. The van der Waals surface area contributed by atoms with Crippen molar-refractivity contribution >= 4 is 33.0 Å². The maximum atomic E-state index is 12.3. The number of ketones is 1. The first-order valence-electron chi connectivity index (χ1n) is 5.34. The quantitative estimate of drug-likeness (QED) is 0.862. The van der Waals surface area contributed by atoms with E-state index < -0.39 is 0 Å². The fourth-order valence-electron chi connectivity index (χ4n) is 2.04. The first-order valence-corrected chi connectivity index (χ1v) is 7.08. The zero-order valence-corrected chi connectivity index (χ0v) is 11.4. The maximum absolute atomic E-state index is 12.3. The lowest BCUT2D eigenvalue weighted by Crippen LogP contribution is -2.02. The van der Waals surface area contributed by atoms with Gasteiger partial charge in [0.1, 0.15) is 0 Å². The van der Waals surface area contributed by atoms with E-state index in [0.717, 1.165) is 28.7 Å². The molecule has 4 heteroatoms. The lowest BCUT2D eigenvalue weighted by Gasteiger charge is -2.03. The second-order valence-electron chi connectivity index (χ2n) is 4.05. The van der Waals surface area contributed by atoms with Gasteiger partial charge >= 0.3 is 0 Å². The highest BCUT2D eigenvalue weighted by molar-refractivity contribution is 9.10. The summed E-state index contributed by atoms with van der Waals surface area (Å²) in [6.45, 7) is 1.77. The molecule has 1 aromatic carbocycles. The van der Waals surface area contributed by atoms with Crippen LogP contribution in [-0.2, 0) is 13.1 Å². The molecule has 2 aromatic rings. The zero-order valence-electron chi connectivity index (χ0n) is 9.00. The molecule has 1 aliphatic heterocycles. The highest BCUT2D eigenvalue weighted by atomic mass is 79.9. The topological polar surface area (TPSA) is 29.1 Å². The number of halogens is 1. The molecule has 0 amide bonds. The first-order chi connectivity index (χ1) is 8.25. The standard InChI is InChI=1S/C13H10BrNOS/c14-12-7-17-6-11(12)13(16)8-1-2-9-4-15-5-10(9)3-8/h1-3,6-7,15H,4-5H2. The van der Waals surface area contributed by atoms with Crippen LogP contribution in [-0.4, -0.2) is 5.78 Å². The smallest absolute Gasteiger partial charge is 0.195 e. The van der Waals surface area contributed by atoms with E-state index in [1.807, 2.05) is 29.0 Å². The molecule has 2 nitrogen and oxygen atoms in total. The molecule has 0 saturated carbocycles. The lowest BCUT2D eigenvalue weighted by atomic mass is 10.0. The van der Waals surface area contributed by atoms with Gasteiger partial charge in [-0.25, -0.2) is 0 Å². The third-order valence-corrected chi connectivity index (χ3v) is 4.66. The van der Waals surface area contributed by atoms with E-state index in [9.17, 15) is 4.79 Å². The molecule has 86 valence electrons. The molecular formula is C13H10BrNOS. The van der Waals surface area contributed by atoms with Crippen molar-refractivity contribution in [3.63, 3.8) is 0 Å². The van der Waals surface area contributed by atoms with Crippen molar-refractivity contribution in [1.82, 2.24) is 5.32 Å². The highest BCUT2D eigenvalue weighted by Crippen LogP contribution is 2.25. The van der Waals surface area contributed by atoms with Crippen molar-refractivity contribution in [2.75, 3.05) is 0 Å². The molecule has 0 saturated heterocycles. The molecule has 0 spiro atoms.